The Bertz CT molecular complexity index is 1190. The summed E-state index contributed by atoms with van der Waals surface area (Å²) >= 11 is 6.01. The van der Waals surface area contributed by atoms with Crippen molar-refractivity contribution in [2.24, 2.45) is 0 Å². The van der Waals surface area contributed by atoms with Crippen molar-refractivity contribution in [1.29, 1.82) is 0 Å². The van der Waals surface area contributed by atoms with Crippen molar-refractivity contribution in [3.63, 3.8) is 0 Å². The Morgan fingerprint density at radius 1 is 0.943 bits per heavy atom. The van der Waals surface area contributed by atoms with Crippen molar-refractivity contribution in [2.45, 2.75) is 25.7 Å². The molecule has 3 heterocycles. The minimum Gasteiger partial charge on any atom is -0.493 e. The smallest absolute Gasteiger partial charge is 0.175 e. The van der Waals surface area contributed by atoms with Gasteiger partial charge < -0.3 is 19.0 Å². The second kappa shape index (κ2) is 11.7. The zero-order valence-corrected chi connectivity index (χ0v) is 20.6. The van der Waals surface area contributed by atoms with Gasteiger partial charge in [-0.05, 0) is 55.6 Å². The minimum absolute atomic E-state index is 0.722. The number of benzene rings is 2. The summed E-state index contributed by atoms with van der Waals surface area (Å²) in [6.45, 7) is 7.35. The highest BCUT2D eigenvalue weighted by atomic mass is 35.5. The number of aromatic amines is 1. The normalized spacial score (nSPS) is 15.1. The third kappa shape index (κ3) is 6.39. The Kier molecular flexibility index (Phi) is 7.92. The van der Waals surface area contributed by atoms with E-state index in [9.17, 15) is 0 Å². The molecule has 0 aliphatic carbocycles. The number of tetrazole rings is 1. The van der Waals surface area contributed by atoms with E-state index in [0.717, 1.165) is 97.4 Å². The lowest BCUT2D eigenvalue weighted by Crippen LogP contribution is -2.47. The molecule has 35 heavy (non-hydrogen) atoms. The van der Waals surface area contributed by atoms with Crippen LogP contribution in [0.3, 0.4) is 0 Å². The van der Waals surface area contributed by atoms with Gasteiger partial charge in [0.15, 0.2) is 5.82 Å². The van der Waals surface area contributed by atoms with Gasteiger partial charge in [-0.1, -0.05) is 28.9 Å². The van der Waals surface area contributed by atoms with E-state index in [2.05, 4.69) is 36.5 Å². The van der Waals surface area contributed by atoms with Gasteiger partial charge >= 0.3 is 0 Å². The van der Waals surface area contributed by atoms with E-state index in [1.54, 1.807) is 6.26 Å². The van der Waals surface area contributed by atoms with Crippen LogP contribution in [0.25, 0.3) is 22.1 Å². The monoisotopic (exact) mass is 494 g/mol. The van der Waals surface area contributed by atoms with Crippen molar-refractivity contribution >= 4 is 22.6 Å². The lowest BCUT2D eigenvalue weighted by atomic mass is 10.0. The fourth-order valence-electron chi connectivity index (χ4n) is 4.54. The molecule has 2 aromatic heterocycles. The molecule has 0 spiro atoms. The van der Waals surface area contributed by atoms with Crippen LogP contribution >= 0.6 is 11.6 Å². The first kappa shape index (κ1) is 23.8. The molecular weight excluding hydrogens is 464 g/mol. The second-order valence-electron chi connectivity index (χ2n) is 8.98. The van der Waals surface area contributed by atoms with Gasteiger partial charge in [-0.3, -0.25) is 0 Å². The van der Waals surface area contributed by atoms with E-state index in [1.807, 2.05) is 36.4 Å². The first-order chi connectivity index (χ1) is 17.2. The van der Waals surface area contributed by atoms with Crippen molar-refractivity contribution < 1.29 is 9.15 Å². The Balaban J connectivity index is 0.980. The number of fused-ring (bicyclic) bond motifs is 1. The SMILES string of the molecule is Clc1ccc(-c2coc3cc(OCCCCCN4CCN(CCc5nn[nH]n5)CC4)ccc23)cc1. The van der Waals surface area contributed by atoms with E-state index in [1.165, 1.54) is 12.8 Å². The molecule has 8 nitrogen and oxygen atoms in total. The van der Waals surface area contributed by atoms with Gasteiger partial charge in [0.05, 0.1) is 12.9 Å². The molecule has 0 bridgehead atoms. The molecule has 184 valence electrons. The molecule has 5 rings (SSSR count). The quantitative estimate of drug-likeness (QED) is 0.303. The van der Waals surface area contributed by atoms with Gasteiger partial charge in [-0.25, -0.2) is 0 Å². The van der Waals surface area contributed by atoms with E-state index in [4.69, 9.17) is 20.8 Å². The van der Waals surface area contributed by atoms with Crippen LogP contribution in [0.2, 0.25) is 5.02 Å². The summed E-state index contributed by atoms with van der Waals surface area (Å²) < 4.78 is 11.8. The van der Waals surface area contributed by atoms with Crippen molar-refractivity contribution in [3.05, 3.63) is 59.6 Å². The molecule has 0 unspecified atom stereocenters. The van der Waals surface area contributed by atoms with Crippen LogP contribution in [-0.4, -0.2) is 76.3 Å². The summed E-state index contributed by atoms with van der Waals surface area (Å²) in [5.41, 5.74) is 2.99. The van der Waals surface area contributed by atoms with Crippen LogP contribution in [-0.2, 0) is 6.42 Å². The summed E-state index contributed by atoms with van der Waals surface area (Å²) in [5.74, 6) is 1.65. The van der Waals surface area contributed by atoms with Gasteiger partial charge in [0.2, 0.25) is 0 Å². The number of hydrogen-bond donors (Lipinski definition) is 1. The number of H-pyrrole nitrogens is 1. The highest BCUT2D eigenvalue weighted by Gasteiger charge is 2.16. The average molecular weight is 495 g/mol. The maximum absolute atomic E-state index is 6.01. The molecule has 1 aliphatic rings. The first-order valence-electron chi connectivity index (χ1n) is 12.3. The molecule has 1 N–H and O–H groups in total. The Morgan fingerprint density at radius 3 is 2.51 bits per heavy atom. The van der Waals surface area contributed by atoms with E-state index in [0.29, 0.717) is 0 Å². The number of furan rings is 1. The Labute approximate surface area is 210 Å². The number of nitrogens with one attached hydrogen (secondary N) is 1. The maximum atomic E-state index is 6.01. The molecule has 1 fully saturated rings. The third-order valence-electron chi connectivity index (χ3n) is 6.60. The van der Waals surface area contributed by atoms with Gasteiger partial charge in [-0.15, -0.1) is 10.2 Å². The number of ether oxygens (including phenoxy) is 1. The summed E-state index contributed by atoms with van der Waals surface area (Å²) in [6, 6.07) is 13.9. The number of halogens is 1. The lowest BCUT2D eigenvalue weighted by Gasteiger charge is -2.34. The topological polar surface area (TPSA) is 83.3 Å². The highest BCUT2D eigenvalue weighted by Crippen LogP contribution is 2.33. The number of hydrogen-bond acceptors (Lipinski definition) is 7. The van der Waals surface area contributed by atoms with Crippen molar-refractivity contribution in [1.82, 2.24) is 30.4 Å². The molecular formula is C26H31ClN6O2. The summed E-state index contributed by atoms with van der Waals surface area (Å²) in [6.07, 6.45) is 6.07. The van der Waals surface area contributed by atoms with Crippen LogP contribution in [0.15, 0.2) is 53.1 Å². The van der Waals surface area contributed by atoms with Crippen LogP contribution in [0, 0.1) is 0 Å². The fourth-order valence-corrected chi connectivity index (χ4v) is 4.66. The van der Waals surface area contributed by atoms with Crippen LogP contribution in [0.1, 0.15) is 25.1 Å². The number of piperazine rings is 1. The summed E-state index contributed by atoms with van der Waals surface area (Å²) in [4.78, 5) is 5.05. The number of rotatable bonds is 11. The number of unbranched alkanes of at least 4 members (excludes halogenated alkanes) is 2. The predicted octanol–water partition coefficient (Wildman–Crippen LogP) is 4.68. The summed E-state index contributed by atoms with van der Waals surface area (Å²) in [5, 5.41) is 16.0. The zero-order valence-electron chi connectivity index (χ0n) is 19.8. The number of aromatic nitrogens is 4. The molecule has 0 atom stereocenters. The van der Waals surface area contributed by atoms with Crippen molar-refractivity contribution in [3.8, 4) is 16.9 Å². The molecule has 0 radical (unpaired) electrons. The van der Waals surface area contributed by atoms with Crippen LogP contribution in [0.4, 0.5) is 0 Å². The lowest BCUT2D eigenvalue weighted by molar-refractivity contribution is 0.131. The van der Waals surface area contributed by atoms with Gasteiger partial charge in [0, 0.05) is 61.2 Å². The average Bonchev–Trinajstić information content (AvgIpc) is 3.56. The largest absolute Gasteiger partial charge is 0.493 e. The molecule has 0 saturated carbocycles. The molecule has 0 amide bonds. The predicted molar refractivity (Wildman–Crippen MR) is 137 cm³/mol. The molecule has 1 saturated heterocycles. The third-order valence-corrected chi connectivity index (χ3v) is 6.85. The van der Waals surface area contributed by atoms with Crippen LogP contribution < -0.4 is 4.74 Å². The number of nitrogens with zero attached hydrogens (tertiary/aromatic N) is 5. The second-order valence-corrected chi connectivity index (χ2v) is 9.42. The fraction of sp³-hybridized carbons (Fsp3) is 0.423. The van der Waals surface area contributed by atoms with E-state index in [-0.39, 0.29) is 0 Å². The van der Waals surface area contributed by atoms with Gasteiger partial charge in [0.25, 0.3) is 0 Å². The van der Waals surface area contributed by atoms with Crippen LogP contribution in [0.5, 0.6) is 5.75 Å². The van der Waals surface area contributed by atoms with Crippen molar-refractivity contribution in [2.75, 3.05) is 45.9 Å². The molecule has 1 aliphatic heterocycles. The summed E-state index contributed by atoms with van der Waals surface area (Å²) in [7, 11) is 0. The molecule has 9 heteroatoms. The first-order valence-corrected chi connectivity index (χ1v) is 12.7. The standard InChI is InChI=1S/C26H31ClN6O2/c27-21-6-4-20(5-7-21)24-19-35-25-18-22(8-9-23(24)25)34-17-3-1-2-11-32-13-15-33(16-14-32)12-10-26-28-30-31-29-26/h4-9,18-19H,1-3,10-17H2,(H,28,29,30,31). The molecule has 2 aromatic carbocycles. The minimum atomic E-state index is 0.722. The Morgan fingerprint density at radius 2 is 1.74 bits per heavy atom. The van der Waals surface area contributed by atoms with E-state index >= 15 is 0 Å². The van der Waals surface area contributed by atoms with Gasteiger partial charge in [0.1, 0.15) is 11.3 Å². The Hall–Kier alpha value is -2.94. The zero-order chi connectivity index (χ0) is 23.9. The maximum Gasteiger partial charge on any atom is 0.175 e. The molecule has 4 aromatic rings. The van der Waals surface area contributed by atoms with Gasteiger partial charge in [-0.2, -0.15) is 5.21 Å². The van der Waals surface area contributed by atoms with E-state index < -0.39 is 0 Å². The highest BCUT2D eigenvalue weighted by molar-refractivity contribution is 6.30.